The van der Waals surface area contributed by atoms with Crippen molar-refractivity contribution in [2.45, 2.75) is 51.7 Å². The molecular weight excluding hydrogens is 318 g/mol. The van der Waals surface area contributed by atoms with Gasteiger partial charge in [0.25, 0.3) is 5.91 Å². The zero-order chi connectivity index (χ0) is 14.7. The van der Waals surface area contributed by atoms with E-state index >= 15 is 0 Å². The third-order valence-corrected chi connectivity index (χ3v) is 4.37. The molecule has 1 atom stereocenters. The molecule has 1 unspecified atom stereocenters. The molecule has 0 aromatic carbocycles. The lowest BCUT2D eigenvalue weighted by Gasteiger charge is -2.24. The van der Waals surface area contributed by atoms with Crippen molar-refractivity contribution in [2.75, 3.05) is 13.6 Å². The maximum atomic E-state index is 12.3. The smallest absolute Gasteiger partial charge is 0.268 e. The lowest BCUT2D eigenvalue weighted by atomic mass is 10.2. The summed E-state index contributed by atoms with van der Waals surface area (Å²) in [5, 5.41) is 3.05. The second-order valence-electron chi connectivity index (χ2n) is 5.69. The largest absolute Gasteiger partial charge is 0.349 e. The van der Waals surface area contributed by atoms with E-state index in [1.165, 1.54) is 12.8 Å². The molecule has 2 rings (SSSR count). The highest BCUT2D eigenvalue weighted by Gasteiger charge is 2.29. The van der Waals surface area contributed by atoms with Gasteiger partial charge in [0.2, 0.25) is 0 Å². The van der Waals surface area contributed by atoms with Crippen LogP contribution >= 0.6 is 15.9 Å². The van der Waals surface area contributed by atoms with Crippen molar-refractivity contribution in [1.29, 1.82) is 0 Å². The summed E-state index contributed by atoms with van der Waals surface area (Å²) >= 11 is 3.44. The van der Waals surface area contributed by atoms with Crippen LogP contribution in [0.4, 0.5) is 0 Å². The highest BCUT2D eigenvalue weighted by molar-refractivity contribution is 9.10. The third kappa shape index (κ3) is 3.85. The molecule has 20 heavy (non-hydrogen) atoms. The molecule has 1 aliphatic rings. The summed E-state index contributed by atoms with van der Waals surface area (Å²) in [5.74, 6) is 0.0141. The summed E-state index contributed by atoms with van der Waals surface area (Å²) < 4.78 is 2.97. The summed E-state index contributed by atoms with van der Waals surface area (Å²) in [6.45, 7) is 5.84. The number of nitrogens with zero attached hydrogens (tertiary/aromatic N) is 2. The lowest BCUT2D eigenvalue weighted by molar-refractivity contribution is 0.0930. The fourth-order valence-corrected chi connectivity index (χ4v) is 2.87. The molecule has 1 fully saturated rings. The van der Waals surface area contributed by atoms with Crippen molar-refractivity contribution in [3.8, 4) is 0 Å². The number of nitrogens with one attached hydrogen (secondary N) is 1. The van der Waals surface area contributed by atoms with Crippen LogP contribution in [0, 0.1) is 0 Å². The van der Waals surface area contributed by atoms with E-state index < -0.39 is 0 Å². The number of halogens is 1. The van der Waals surface area contributed by atoms with E-state index in [9.17, 15) is 4.79 Å². The SMILES string of the molecule is CCCn1cc(Br)cc1C(=O)NCC(C)N(C)C1CC1. The van der Waals surface area contributed by atoms with E-state index in [4.69, 9.17) is 0 Å². The number of carbonyl (C=O) groups excluding carboxylic acids is 1. The normalized spacial score (nSPS) is 16.4. The van der Waals surface area contributed by atoms with Crippen molar-refractivity contribution in [2.24, 2.45) is 0 Å². The predicted molar refractivity (Wildman–Crippen MR) is 85.0 cm³/mol. The van der Waals surface area contributed by atoms with Crippen molar-refractivity contribution in [3.63, 3.8) is 0 Å². The maximum absolute atomic E-state index is 12.3. The maximum Gasteiger partial charge on any atom is 0.268 e. The van der Waals surface area contributed by atoms with E-state index in [0.717, 1.165) is 29.2 Å². The Morgan fingerprint density at radius 3 is 2.90 bits per heavy atom. The Kier molecular flexibility index (Phi) is 5.27. The van der Waals surface area contributed by atoms with Crippen LogP contribution in [0.3, 0.4) is 0 Å². The molecule has 5 heteroatoms. The van der Waals surface area contributed by atoms with Crippen molar-refractivity contribution in [1.82, 2.24) is 14.8 Å². The fourth-order valence-electron chi connectivity index (χ4n) is 2.41. The topological polar surface area (TPSA) is 37.3 Å². The molecule has 0 radical (unpaired) electrons. The Labute approximate surface area is 129 Å². The minimum atomic E-state index is 0.0141. The van der Waals surface area contributed by atoms with Gasteiger partial charge in [-0.05, 0) is 55.2 Å². The highest BCUT2D eigenvalue weighted by atomic mass is 79.9. The molecule has 1 aliphatic carbocycles. The first-order valence-electron chi connectivity index (χ1n) is 7.38. The molecule has 1 aromatic heterocycles. The molecular formula is C15H24BrN3O. The monoisotopic (exact) mass is 341 g/mol. The van der Waals surface area contributed by atoms with Gasteiger partial charge >= 0.3 is 0 Å². The van der Waals surface area contributed by atoms with Crippen LogP contribution < -0.4 is 5.32 Å². The first-order chi connectivity index (χ1) is 9.52. The van der Waals surface area contributed by atoms with Gasteiger partial charge < -0.3 is 9.88 Å². The molecule has 4 nitrogen and oxygen atoms in total. The Morgan fingerprint density at radius 1 is 1.60 bits per heavy atom. The van der Waals surface area contributed by atoms with Gasteiger partial charge in [0.15, 0.2) is 0 Å². The Balaban J connectivity index is 1.90. The Hall–Kier alpha value is -0.810. The van der Waals surface area contributed by atoms with Crippen LogP contribution in [0.2, 0.25) is 0 Å². The van der Waals surface area contributed by atoms with E-state index in [-0.39, 0.29) is 5.91 Å². The standard InChI is InChI=1S/C15H24BrN3O/c1-4-7-19-10-12(16)8-14(19)15(20)17-9-11(2)18(3)13-5-6-13/h8,10-11,13H,4-7,9H2,1-3H3,(H,17,20). The molecule has 1 heterocycles. The van der Waals surface area contributed by atoms with Crippen LogP contribution in [0.5, 0.6) is 0 Å². The molecule has 1 amide bonds. The second kappa shape index (κ2) is 6.76. The molecule has 0 spiro atoms. The van der Waals surface area contributed by atoms with Crippen LogP contribution in [0.15, 0.2) is 16.7 Å². The van der Waals surface area contributed by atoms with Gasteiger partial charge in [-0.25, -0.2) is 0 Å². The van der Waals surface area contributed by atoms with E-state index in [1.54, 1.807) is 0 Å². The highest BCUT2D eigenvalue weighted by Crippen LogP contribution is 2.26. The van der Waals surface area contributed by atoms with Gasteiger partial charge in [0, 0.05) is 35.8 Å². The minimum absolute atomic E-state index is 0.0141. The van der Waals surface area contributed by atoms with E-state index in [1.807, 2.05) is 16.8 Å². The molecule has 112 valence electrons. The van der Waals surface area contributed by atoms with E-state index in [0.29, 0.717) is 12.6 Å². The average Bonchev–Trinajstić information content (AvgIpc) is 3.19. The number of aromatic nitrogens is 1. The first-order valence-corrected chi connectivity index (χ1v) is 8.18. The zero-order valence-electron chi connectivity index (χ0n) is 12.5. The molecule has 0 saturated heterocycles. The minimum Gasteiger partial charge on any atom is -0.349 e. The Morgan fingerprint density at radius 2 is 2.30 bits per heavy atom. The summed E-state index contributed by atoms with van der Waals surface area (Å²) in [7, 11) is 2.14. The van der Waals surface area contributed by atoms with Gasteiger partial charge in [0.05, 0.1) is 0 Å². The number of carbonyl (C=O) groups is 1. The van der Waals surface area contributed by atoms with Crippen molar-refractivity contribution >= 4 is 21.8 Å². The van der Waals surface area contributed by atoms with Crippen LogP contribution in [0.25, 0.3) is 0 Å². The summed E-state index contributed by atoms with van der Waals surface area (Å²) in [6.07, 6.45) is 5.57. The van der Waals surface area contributed by atoms with Gasteiger partial charge in [-0.2, -0.15) is 0 Å². The van der Waals surface area contributed by atoms with Gasteiger partial charge in [0.1, 0.15) is 5.69 Å². The fraction of sp³-hybridized carbons (Fsp3) is 0.667. The van der Waals surface area contributed by atoms with Gasteiger partial charge in [-0.15, -0.1) is 0 Å². The average molecular weight is 342 g/mol. The predicted octanol–water partition coefficient (Wildman–Crippen LogP) is 2.87. The van der Waals surface area contributed by atoms with Crippen LogP contribution in [0.1, 0.15) is 43.6 Å². The van der Waals surface area contributed by atoms with Crippen molar-refractivity contribution < 1.29 is 4.79 Å². The summed E-state index contributed by atoms with van der Waals surface area (Å²) in [6, 6.07) is 2.99. The number of amides is 1. The Bertz CT molecular complexity index is 468. The number of likely N-dealkylation sites (N-methyl/N-ethyl adjacent to an activating group) is 1. The number of aryl methyl sites for hydroxylation is 1. The molecule has 1 aromatic rings. The number of rotatable bonds is 7. The van der Waals surface area contributed by atoms with E-state index in [2.05, 4.69) is 47.0 Å². The van der Waals surface area contributed by atoms with Crippen LogP contribution in [-0.4, -0.2) is 41.1 Å². The summed E-state index contributed by atoms with van der Waals surface area (Å²) in [5.41, 5.74) is 0.736. The molecule has 1 N–H and O–H groups in total. The number of hydrogen-bond acceptors (Lipinski definition) is 2. The molecule has 0 bridgehead atoms. The van der Waals surface area contributed by atoms with Crippen LogP contribution in [-0.2, 0) is 6.54 Å². The molecule has 1 saturated carbocycles. The van der Waals surface area contributed by atoms with Gasteiger partial charge in [-0.3, -0.25) is 9.69 Å². The zero-order valence-corrected chi connectivity index (χ0v) is 14.1. The first kappa shape index (κ1) is 15.6. The number of hydrogen-bond donors (Lipinski definition) is 1. The van der Waals surface area contributed by atoms with Crippen molar-refractivity contribution in [3.05, 3.63) is 22.4 Å². The third-order valence-electron chi connectivity index (χ3n) is 3.94. The second-order valence-corrected chi connectivity index (χ2v) is 6.61. The molecule has 0 aliphatic heterocycles. The van der Waals surface area contributed by atoms with Gasteiger partial charge in [-0.1, -0.05) is 6.92 Å². The summed E-state index contributed by atoms with van der Waals surface area (Å²) in [4.78, 5) is 14.7. The quantitative estimate of drug-likeness (QED) is 0.827. The lowest BCUT2D eigenvalue weighted by Crippen LogP contribution is -2.41.